The molecular weight excluding hydrogens is 465 g/mol. The summed E-state index contributed by atoms with van der Waals surface area (Å²) in [6, 6.07) is 7.52. The maximum Gasteiger partial charge on any atom is 0.322 e. The molecule has 0 saturated heterocycles. The lowest BCUT2D eigenvalue weighted by Gasteiger charge is -2.19. The molecule has 0 spiro atoms. The number of carbonyl (C=O) groups is 2. The number of ether oxygens (including phenoxy) is 2. The molecule has 3 aromatic rings. The topological polar surface area (TPSA) is 102 Å². The number of hydrogen-bond donors (Lipinski definition) is 3. The third kappa shape index (κ3) is 4.44. The first-order chi connectivity index (χ1) is 16.8. The fraction of sp³-hybridized carbons (Fsp3) is 0.208. The van der Waals surface area contributed by atoms with Gasteiger partial charge in [0.15, 0.2) is 23.7 Å². The van der Waals surface area contributed by atoms with Crippen molar-refractivity contribution in [3.63, 3.8) is 0 Å². The summed E-state index contributed by atoms with van der Waals surface area (Å²) in [7, 11) is 0. The number of benzene rings is 2. The highest BCUT2D eigenvalue weighted by Crippen LogP contribution is 2.41. The first-order valence-corrected chi connectivity index (χ1v) is 10.8. The van der Waals surface area contributed by atoms with Crippen molar-refractivity contribution in [1.82, 2.24) is 10.3 Å². The molecule has 3 amide bonds. The van der Waals surface area contributed by atoms with Gasteiger partial charge in [-0.05, 0) is 30.7 Å². The van der Waals surface area contributed by atoms with Gasteiger partial charge in [-0.3, -0.25) is 4.79 Å². The van der Waals surface area contributed by atoms with Crippen LogP contribution >= 0.6 is 0 Å². The summed E-state index contributed by atoms with van der Waals surface area (Å²) in [6.45, 7) is 1.83. The number of nitrogens with zero attached hydrogens (tertiary/aromatic N) is 1. The Kier molecular flexibility index (Phi) is 5.67. The van der Waals surface area contributed by atoms with Gasteiger partial charge in [-0.25, -0.2) is 22.9 Å². The lowest BCUT2D eigenvalue weighted by atomic mass is 10.0. The molecule has 2 atom stereocenters. The van der Waals surface area contributed by atoms with Gasteiger partial charge in [-0.1, -0.05) is 6.92 Å². The predicted octanol–water partition coefficient (Wildman–Crippen LogP) is 4.82. The summed E-state index contributed by atoms with van der Waals surface area (Å²) in [6.07, 6.45) is 1.64. The summed E-state index contributed by atoms with van der Waals surface area (Å²) >= 11 is 0. The number of halogens is 3. The van der Waals surface area contributed by atoms with E-state index in [2.05, 4.69) is 20.9 Å². The number of nitrogens with one attached hydrogen (secondary N) is 3. The Morgan fingerprint density at radius 3 is 2.69 bits per heavy atom. The van der Waals surface area contributed by atoms with Gasteiger partial charge in [0.1, 0.15) is 23.1 Å². The number of pyridine rings is 1. The van der Waals surface area contributed by atoms with Crippen LogP contribution in [0.3, 0.4) is 0 Å². The van der Waals surface area contributed by atoms with Crippen molar-refractivity contribution in [2.24, 2.45) is 0 Å². The number of anilines is 2. The highest BCUT2D eigenvalue weighted by Gasteiger charge is 2.33. The molecule has 8 nitrogen and oxygen atoms in total. The molecule has 180 valence electrons. The first-order valence-electron chi connectivity index (χ1n) is 10.8. The van der Waals surface area contributed by atoms with E-state index in [1.54, 1.807) is 30.5 Å². The standard InChI is InChI=1S/C24H19F3N4O4/c1-11-15-10-13(34-19-6-7-28-22-14(19)3-5-20(32)30-22)2-4-18(15)35-23(11)31-24(33)29-12-8-16(25)21(27)17(26)9-12/h2,4,6-11,23H,3,5H2,1H3,(H,28,30,32)(H2,29,31,33)/t11-,23+/m0/s1. The molecule has 5 rings (SSSR count). The number of rotatable bonds is 4. The minimum Gasteiger partial charge on any atom is -0.470 e. The van der Waals surface area contributed by atoms with Crippen LogP contribution in [0.1, 0.15) is 30.4 Å². The predicted molar refractivity (Wildman–Crippen MR) is 119 cm³/mol. The van der Waals surface area contributed by atoms with E-state index in [4.69, 9.17) is 9.47 Å². The molecule has 1 aromatic heterocycles. The van der Waals surface area contributed by atoms with Gasteiger partial charge in [-0.15, -0.1) is 0 Å². The van der Waals surface area contributed by atoms with Crippen LogP contribution in [0.5, 0.6) is 17.2 Å². The van der Waals surface area contributed by atoms with Gasteiger partial charge in [0, 0.05) is 47.5 Å². The summed E-state index contributed by atoms with van der Waals surface area (Å²) in [5.41, 5.74) is 1.35. The average molecular weight is 484 g/mol. The molecule has 0 saturated carbocycles. The molecule has 3 N–H and O–H groups in total. The highest BCUT2D eigenvalue weighted by molar-refractivity contribution is 5.93. The number of amides is 3. The zero-order valence-corrected chi connectivity index (χ0v) is 18.3. The van der Waals surface area contributed by atoms with Gasteiger partial charge in [-0.2, -0.15) is 0 Å². The number of urea groups is 1. The molecule has 0 aliphatic carbocycles. The van der Waals surface area contributed by atoms with Gasteiger partial charge in [0.05, 0.1) is 0 Å². The summed E-state index contributed by atoms with van der Waals surface area (Å²) in [5.74, 6) is -2.69. The molecule has 2 aromatic carbocycles. The van der Waals surface area contributed by atoms with Crippen molar-refractivity contribution in [3.05, 3.63) is 71.2 Å². The van der Waals surface area contributed by atoms with E-state index in [-0.39, 0.29) is 17.5 Å². The molecule has 2 aliphatic rings. The van der Waals surface area contributed by atoms with Crippen LogP contribution in [0.25, 0.3) is 0 Å². The zero-order chi connectivity index (χ0) is 24.7. The average Bonchev–Trinajstić information content (AvgIpc) is 3.12. The van der Waals surface area contributed by atoms with Crippen molar-refractivity contribution in [2.75, 3.05) is 10.6 Å². The van der Waals surface area contributed by atoms with E-state index in [9.17, 15) is 22.8 Å². The quantitative estimate of drug-likeness (QED) is 0.461. The third-order valence-corrected chi connectivity index (χ3v) is 5.80. The van der Waals surface area contributed by atoms with Crippen molar-refractivity contribution in [1.29, 1.82) is 0 Å². The Hall–Kier alpha value is -4.28. The van der Waals surface area contributed by atoms with Gasteiger partial charge in [0.2, 0.25) is 5.91 Å². The Bertz CT molecular complexity index is 1330. The second-order valence-corrected chi connectivity index (χ2v) is 8.17. The van der Waals surface area contributed by atoms with Crippen LogP contribution in [-0.4, -0.2) is 23.2 Å². The molecule has 11 heteroatoms. The normalized spacial score (nSPS) is 18.1. The second kappa shape index (κ2) is 8.82. The fourth-order valence-electron chi connectivity index (χ4n) is 4.01. The maximum absolute atomic E-state index is 13.4. The van der Waals surface area contributed by atoms with Gasteiger partial charge < -0.3 is 25.4 Å². The van der Waals surface area contributed by atoms with Crippen molar-refractivity contribution < 1.29 is 32.2 Å². The van der Waals surface area contributed by atoms with Crippen LogP contribution in [-0.2, 0) is 11.2 Å². The zero-order valence-electron chi connectivity index (χ0n) is 18.3. The largest absolute Gasteiger partial charge is 0.470 e. The Labute approximate surface area is 197 Å². The number of hydrogen-bond acceptors (Lipinski definition) is 5. The third-order valence-electron chi connectivity index (χ3n) is 5.80. The van der Waals surface area contributed by atoms with Crippen LogP contribution in [0.4, 0.5) is 29.5 Å². The van der Waals surface area contributed by atoms with E-state index in [1.807, 2.05) is 6.92 Å². The maximum atomic E-state index is 13.4. The SMILES string of the molecule is C[C@H]1c2cc(Oc3ccnc4c3CCC(=O)N4)ccc2O[C@H]1NC(=O)Nc1cc(F)c(F)c(F)c1. The highest BCUT2D eigenvalue weighted by atomic mass is 19.2. The van der Waals surface area contributed by atoms with Crippen molar-refractivity contribution >= 4 is 23.4 Å². The summed E-state index contributed by atoms with van der Waals surface area (Å²) in [5, 5.41) is 7.58. The van der Waals surface area contributed by atoms with E-state index in [1.165, 1.54) is 0 Å². The molecule has 3 heterocycles. The van der Waals surface area contributed by atoms with Crippen LogP contribution < -0.4 is 25.4 Å². The van der Waals surface area contributed by atoms with Crippen molar-refractivity contribution in [2.45, 2.75) is 31.9 Å². The smallest absolute Gasteiger partial charge is 0.322 e. The van der Waals surface area contributed by atoms with E-state index < -0.39 is 29.7 Å². The molecule has 0 fully saturated rings. The molecule has 2 aliphatic heterocycles. The summed E-state index contributed by atoms with van der Waals surface area (Å²) < 4.78 is 51.8. The number of aromatic nitrogens is 1. The minimum absolute atomic E-state index is 0.0945. The summed E-state index contributed by atoms with van der Waals surface area (Å²) in [4.78, 5) is 28.1. The molecule has 0 radical (unpaired) electrons. The first kappa shape index (κ1) is 22.5. The number of carbonyl (C=O) groups excluding carboxylic acids is 2. The molecule has 0 bridgehead atoms. The minimum atomic E-state index is -1.62. The lowest BCUT2D eigenvalue weighted by molar-refractivity contribution is -0.116. The van der Waals surface area contributed by atoms with Crippen LogP contribution in [0, 0.1) is 17.5 Å². The van der Waals surface area contributed by atoms with E-state index in [0.29, 0.717) is 48.0 Å². The molecule has 35 heavy (non-hydrogen) atoms. The number of fused-ring (bicyclic) bond motifs is 2. The van der Waals surface area contributed by atoms with Crippen LogP contribution in [0.2, 0.25) is 0 Å². The lowest BCUT2D eigenvalue weighted by Crippen LogP contribution is -2.42. The molecular formula is C24H19F3N4O4. The van der Waals surface area contributed by atoms with Gasteiger partial charge >= 0.3 is 6.03 Å². The van der Waals surface area contributed by atoms with E-state index in [0.717, 1.165) is 11.1 Å². The van der Waals surface area contributed by atoms with Crippen molar-refractivity contribution in [3.8, 4) is 17.2 Å². The second-order valence-electron chi connectivity index (χ2n) is 8.17. The van der Waals surface area contributed by atoms with E-state index >= 15 is 0 Å². The fourth-order valence-corrected chi connectivity index (χ4v) is 4.01. The Balaban J connectivity index is 1.27. The van der Waals surface area contributed by atoms with Gasteiger partial charge in [0.25, 0.3) is 0 Å². The monoisotopic (exact) mass is 484 g/mol. The molecule has 0 unspecified atom stereocenters. The van der Waals surface area contributed by atoms with Crippen LogP contribution in [0.15, 0.2) is 42.6 Å². The Morgan fingerprint density at radius 2 is 1.91 bits per heavy atom. The Morgan fingerprint density at radius 1 is 1.14 bits per heavy atom.